The van der Waals surface area contributed by atoms with E-state index in [2.05, 4.69) is 10.2 Å². The number of carbonyl (C=O) groups is 1. The van der Waals surface area contributed by atoms with Crippen molar-refractivity contribution in [2.45, 2.75) is 64.5 Å². The fraction of sp³-hybridized carbons (Fsp3) is 0.929. The molecule has 1 amide bonds. The predicted octanol–water partition coefficient (Wildman–Crippen LogP) is 1.49. The molecule has 1 saturated carbocycles. The summed E-state index contributed by atoms with van der Waals surface area (Å²) in [4.78, 5) is 14.2. The number of nitrogens with two attached hydrogens (primary N) is 1. The molecule has 0 aromatic carbocycles. The van der Waals surface area contributed by atoms with E-state index in [9.17, 15) is 4.79 Å². The molecule has 0 heterocycles. The van der Waals surface area contributed by atoms with Crippen LogP contribution in [0.5, 0.6) is 0 Å². The second kappa shape index (κ2) is 8.48. The molecule has 1 aliphatic carbocycles. The Bertz CT molecular complexity index is 237. The molecule has 4 nitrogen and oxygen atoms in total. The molecular formula is C14H29N3O. The molecule has 106 valence electrons. The average Bonchev–Trinajstić information content (AvgIpc) is 2.34. The largest absolute Gasteiger partial charge is 0.353 e. The zero-order chi connectivity index (χ0) is 13.4. The van der Waals surface area contributed by atoms with E-state index in [0.29, 0.717) is 19.1 Å². The van der Waals surface area contributed by atoms with E-state index in [1.165, 1.54) is 32.1 Å². The monoisotopic (exact) mass is 255 g/mol. The molecule has 0 aliphatic heterocycles. The summed E-state index contributed by atoms with van der Waals surface area (Å²) >= 11 is 0. The standard InChI is InChI=1S/C14H29N3O/c1-12(2)16-14(18)11-17(10-6-9-15)13-7-4-3-5-8-13/h12-13H,3-11,15H2,1-2H3,(H,16,18). The molecule has 0 radical (unpaired) electrons. The Morgan fingerprint density at radius 3 is 2.56 bits per heavy atom. The van der Waals surface area contributed by atoms with Crippen molar-refractivity contribution in [1.29, 1.82) is 0 Å². The second-order valence-corrected chi connectivity index (χ2v) is 5.63. The zero-order valence-electron chi connectivity index (χ0n) is 12.0. The van der Waals surface area contributed by atoms with E-state index in [1.807, 2.05) is 13.8 Å². The Labute approximate surface area is 111 Å². The Morgan fingerprint density at radius 2 is 2.00 bits per heavy atom. The van der Waals surface area contributed by atoms with Crippen LogP contribution in [-0.4, -0.2) is 42.5 Å². The van der Waals surface area contributed by atoms with Crippen LogP contribution in [0, 0.1) is 0 Å². The van der Waals surface area contributed by atoms with Crippen LogP contribution in [-0.2, 0) is 4.79 Å². The molecule has 0 aromatic rings. The lowest BCUT2D eigenvalue weighted by molar-refractivity contribution is -0.123. The van der Waals surface area contributed by atoms with Crippen molar-refractivity contribution in [3.05, 3.63) is 0 Å². The first kappa shape index (κ1) is 15.4. The maximum Gasteiger partial charge on any atom is 0.234 e. The molecule has 1 aliphatic rings. The Morgan fingerprint density at radius 1 is 1.33 bits per heavy atom. The number of amides is 1. The van der Waals surface area contributed by atoms with E-state index in [4.69, 9.17) is 5.73 Å². The quantitative estimate of drug-likeness (QED) is 0.725. The zero-order valence-corrected chi connectivity index (χ0v) is 12.0. The first-order chi connectivity index (χ1) is 8.63. The van der Waals surface area contributed by atoms with Crippen LogP contribution in [0.3, 0.4) is 0 Å². The highest BCUT2D eigenvalue weighted by Gasteiger charge is 2.22. The van der Waals surface area contributed by atoms with Crippen LogP contribution in [0.1, 0.15) is 52.4 Å². The first-order valence-corrected chi connectivity index (χ1v) is 7.37. The SMILES string of the molecule is CC(C)NC(=O)CN(CCCN)C1CCCCC1. The van der Waals surface area contributed by atoms with Crippen molar-refractivity contribution >= 4 is 5.91 Å². The Hall–Kier alpha value is -0.610. The summed E-state index contributed by atoms with van der Waals surface area (Å²) in [6, 6.07) is 0.809. The topological polar surface area (TPSA) is 58.4 Å². The molecule has 3 N–H and O–H groups in total. The minimum Gasteiger partial charge on any atom is -0.353 e. The van der Waals surface area contributed by atoms with Gasteiger partial charge in [0.15, 0.2) is 0 Å². The van der Waals surface area contributed by atoms with Crippen molar-refractivity contribution in [2.24, 2.45) is 5.73 Å². The molecule has 18 heavy (non-hydrogen) atoms. The smallest absolute Gasteiger partial charge is 0.234 e. The van der Waals surface area contributed by atoms with Gasteiger partial charge in [0.05, 0.1) is 6.54 Å². The van der Waals surface area contributed by atoms with Gasteiger partial charge < -0.3 is 11.1 Å². The van der Waals surface area contributed by atoms with Crippen molar-refractivity contribution in [2.75, 3.05) is 19.6 Å². The average molecular weight is 255 g/mol. The molecule has 1 rings (SSSR count). The van der Waals surface area contributed by atoms with Gasteiger partial charge in [-0.05, 0) is 39.7 Å². The van der Waals surface area contributed by atoms with Crippen LogP contribution >= 0.6 is 0 Å². The number of nitrogens with one attached hydrogen (secondary N) is 1. The minimum absolute atomic E-state index is 0.146. The summed E-state index contributed by atoms with van der Waals surface area (Å²) in [5.41, 5.74) is 5.59. The van der Waals surface area contributed by atoms with Gasteiger partial charge in [0.25, 0.3) is 0 Å². The molecule has 0 spiro atoms. The van der Waals surface area contributed by atoms with Crippen molar-refractivity contribution in [3.8, 4) is 0 Å². The van der Waals surface area contributed by atoms with E-state index in [0.717, 1.165) is 13.0 Å². The van der Waals surface area contributed by atoms with Gasteiger partial charge >= 0.3 is 0 Å². The lowest BCUT2D eigenvalue weighted by atomic mass is 9.94. The third kappa shape index (κ3) is 5.83. The normalized spacial score (nSPS) is 17.4. The second-order valence-electron chi connectivity index (χ2n) is 5.63. The molecular weight excluding hydrogens is 226 g/mol. The van der Waals surface area contributed by atoms with Gasteiger partial charge in [-0.3, -0.25) is 9.69 Å². The van der Waals surface area contributed by atoms with Gasteiger partial charge in [0, 0.05) is 18.6 Å². The number of carbonyl (C=O) groups excluding carboxylic acids is 1. The van der Waals surface area contributed by atoms with Gasteiger partial charge in [0.2, 0.25) is 5.91 Å². The summed E-state index contributed by atoms with van der Waals surface area (Å²) in [5, 5.41) is 2.98. The van der Waals surface area contributed by atoms with Crippen LogP contribution in [0.4, 0.5) is 0 Å². The third-order valence-corrected chi connectivity index (χ3v) is 3.54. The number of hydrogen-bond donors (Lipinski definition) is 2. The highest BCUT2D eigenvalue weighted by atomic mass is 16.2. The maximum atomic E-state index is 11.9. The van der Waals surface area contributed by atoms with Gasteiger partial charge in [-0.1, -0.05) is 19.3 Å². The summed E-state index contributed by atoms with van der Waals surface area (Å²) in [6.07, 6.45) is 7.40. The Kier molecular flexibility index (Phi) is 7.28. The van der Waals surface area contributed by atoms with E-state index in [-0.39, 0.29) is 11.9 Å². The minimum atomic E-state index is 0.146. The summed E-state index contributed by atoms with van der Waals surface area (Å²) < 4.78 is 0. The highest BCUT2D eigenvalue weighted by molar-refractivity contribution is 5.78. The summed E-state index contributed by atoms with van der Waals surface area (Å²) in [5.74, 6) is 0.146. The number of rotatable bonds is 7. The van der Waals surface area contributed by atoms with Crippen LogP contribution in [0.25, 0.3) is 0 Å². The van der Waals surface area contributed by atoms with Crippen LogP contribution in [0.2, 0.25) is 0 Å². The van der Waals surface area contributed by atoms with Crippen LogP contribution in [0.15, 0.2) is 0 Å². The van der Waals surface area contributed by atoms with Gasteiger partial charge in [-0.15, -0.1) is 0 Å². The predicted molar refractivity (Wildman–Crippen MR) is 75.4 cm³/mol. The van der Waals surface area contributed by atoms with E-state index < -0.39 is 0 Å². The lowest BCUT2D eigenvalue weighted by Crippen LogP contribution is -2.46. The maximum absolute atomic E-state index is 11.9. The van der Waals surface area contributed by atoms with Gasteiger partial charge in [-0.25, -0.2) is 0 Å². The summed E-state index contributed by atoms with van der Waals surface area (Å²) in [6.45, 7) is 6.19. The molecule has 0 bridgehead atoms. The van der Waals surface area contributed by atoms with Gasteiger partial charge in [-0.2, -0.15) is 0 Å². The number of nitrogens with zero attached hydrogens (tertiary/aromatic N) is 1. The fourth-order valence-corrected chi connectivity index (χ4v) is 2.68. The van der Waals surface area contributed by atoms with Crippen molar-refractivity contribution < 1.29 is 4.79 Å². The third-order valence-electron chi connectivity index (χ3n) is 3.54. The van der Waals surface area contributed by atoms with Crippen molar-refractivity contribution in [3.63, 3.8) is 0 Å². The lowest BCUT2D eigenvalue weighted by Gasteiger charge is -2.34. The van der Waals surface area contributed by atoms with E-state index >= 15 is 0 Å². The number of hydrogen-bond acceptors (Lipinski definition) is 3. The molecule has 4 heteroatoms. The molecule has 1 fully saturated rings. The highest BCUT2D eigenvalue weighted by Crippen LogP contribution is 2.22. The molecule has 0 atom stereocenters. The molecule has 0 unspecified atom stereocenters. The Balaban J connectivity index is 2.45. The van der Waals surface area contributed by atoms with Crippen LogP contribution < -0.4 is 11.1 Å². The fourth-order valence-electron chi connectivity index (χ4n) is 2.68. The van der Waals surface area contributed by atoms with E-state index in [1.54, 1.807) is 0 Å². The van der Waals surface area contributed by atoms with Gasteiger partial charge in [0.1, 0.15) is 0 Å². The van der Waals surface area contributed by atoms with Crippen molar-refractivity contribution in [1.82, 2.24) is 10.2 Å². The molecule has 0 aromatic heterocycles. The molecule has 0 saturated heterocycles. The first-order valence-electron chi connectivity index (χ1n) is 7.37. The summed E-state index contributed by atoms with van der Waals surface area (Å²) in [7, 11) is 0.